The molecule has 0 bridgehead atoms. The number of nitrogens with one attached hydrogen (secondary N) is 2. The number of carbonyl (C=O) groups is 3. The first-order chi connectivity index (χ1) is 12.7. The molecule has 0 aliphatic heterocycles. The van der Waals surface area contributed by atoms with Crippen molar-refractivity contribution in [2.75, 3.05) is 5.32 Å². The first-order valence-corrected chi connectivity index (χ1v) is 9.39. The molecule has 8 heteroatoms. The summed E-state index contributed by atoms with van der Waals surface area (Å²) < 4.78 is 0. The van der Waals surface area contributed by atoms with Gasteiger partial charge in [-0.25, -0.2) is 9.78 Å². The molecular weight excluding hydrogens is 366 g/mol. The Balaban J connectivity index is 2.05. The van der Waals surface area contributed by atoms with Crippen LogP contribution in [0.3, 0.4) is 0 Å². The van der Waals surface area contributed by atoms with E-state index in [1.807, 2.05) is 19.9 Å². The Bertz CT molecular complexity index is 840. The van der Waals surface area contributed by atoms with Crippen molar-refractivity contribution in [2.45, 2.75) is 40.2 Å². The van der Waals surface area contributed by atoms with Gasteiger partial charge < -0.3 is 15.7 Å². The maximum Gasteiger partial charge on any atom is 0.330 e. The van der Waals surface area contributed by atoms with Crippen molar-refractivity contribution in [3.05, 3.63) is 46.0 Å². The van der Waals surface area contributed by atoms with Gasteiger partial charge in [-0.05, 0) is 19.4 Å². The summed E-state index contributed by atoms with van der Waals surface area (Å²) in [6.45, 7) is 7.30. The van der Waals surface area contributed by atoms with Gasteiger partial charge in [0.15, 0.2) is 11.2 Å². The number of aliphatic carboxylic acids is 1. The number of rotatable bonds is 7. The summed E-state index contributed by atoms with van der Waals surface area (Å²) in [5.41, 5.74) is 2.85. The summed E-state index contributed by atoms with van der Waals surface area (Å²) in [7, 11) is 0. The molecular formula is C19H23N3O4S. The first-order valence-electron chi connectivity index (χ1n) is 8.51. The average molecular weight is 389 g/mol. The Hall–Kier alpha value is -2.74. The number of carbonyl (C=O) groups excluding carboxylic acids is 2. The molecule has 0 saturated carbocycles. The number of carboxylic acid groups (broad SMARTS) is 1. The van der Waals surface area contributed by atoms with E-state index in [1.165, 1.54) is 11.3 Å². The lowest BCUT2D eigenvalue weighted by atomic mass is 10.0. The summed E-state index contributed by atoms with van der Waals surface area (Å²) in [6.07, 6.45) is -0.0668. The van der Waals surface area contributed by atoms with E-state index in [2.05, 4.69) is 15.6 Å². The summed E-state index contributed by atoms with van der Waals surface area (Å²) in [5.74, 6) is -1.90. The zero-order valence-corrected chi connectivity index (χ0v) is 16.5. The molecule has 1 heterocycles. The molecule has 1 aromatic heterocycles. The number of aromatic nitrogens is 1. The van der Waals surface area contributed by atoms with Crippen LogP contribution in [0, 0.1) is 19.8 Å². The van der Waals surface area contributed by atoms with Gasteiger partial charge >= 0.3 is 5.97 Å². The van der Waals surface area contributed by atoms with E-state index in [4.69, 9.17) is 0 Å². The Morgan fingerprint density at radius 2 is 1.78 bits per heavy atom. The Morgan fingerprint density at radius 3 is 2.33 bits per heavy atom. The van der Waals surface area contributed by atoms with Crippen molar-refractivity contribution in [3.8, 4) is 0 Å². The fraction of sp³-hybridized carbons (Fsp3) is 0.368. The number of benzene rings is 1. The number of carboxylic acids is 1. The van der Waals surface area contributed by atoms with Crippen LogP contribution >= 0.6 is 11.3 Å². The standard InChI is InChI=1S/C19H23N3O4S/c1-10(2)17(24)22-19-20-14(9-27-19)8-15(23)21-16(18(25)26)13-6-11(3)5-12(4)7-13/h5-7,9-10,16H,8H2,1-4H3,(H,21,23)(H,25,26)(H,20,22,24). The summed E-state index contributed by atoms with van der Waals surface area (Å²) in [6, 6.07) is 4.30. The minimum Gasteiger partial charge on any atom is -0.479 e. The minimum absolute atomic E-state index is 0.0668. The van der Waals surface area contributed by atoms with E-state index in [0.717, 1.165) is 11.1 Å². The van der Waals surface area contributed by atoms with Crippen LogP contribution in [-0.4, -0.2) is 27.9 Å². The van der Waals surface area contributed by atoms with Crippen LogP contribution in [0.25, 0.3) is 0 Å². The fourth-order valence-corrected chi connectivity index (χ4v) is 3.25. The third-order valence-electron chi connectivity index (χ3n) is 3.78. The van der Waals surface area contributed by atoms with Crippen LogP contribution in [0.2, 0.25) is 0 Å². The largest absolute Gasteiger partial charge is 0.479 e. The zero-order chi connectivity index (χ0) is 20.1. The molecule has 0 spiro atoms. The van der Waals surface area contributed by atoms with Crippen molar-refractivity contribution >= 4 is 34.3 Å². The highest BCUT2D eigenvalue weighted by Gasteiger charge is 2.23. The highest BCUT2D eigenvalue weighted by Crippen LogP contribution is 2.19. The van der Waals surface area contributed by atoms with Gasteiger partial charge in [-0.3, -0.25) is 9.59 Å². The van der Waals surface area contributed by atoms with E-state index >= 15 is 0 Å². The number of amides is 2. The van der Waals surface area contributed by atoms with E-state index in [1.54, 1.807) is 31.4 Å². The number of hydrogen-bond donors (Lipinski definition) is 3. The molecule has 0 radical (unpaired) electrons. The van der Waals surface area contributed by atoms with Gasteiger partial charge in [-0.15, -0.1) is 11.3 Å². The number of aryl methyl sites for hydroxylation is 2. The quantitative estimate of drug-likeness (QED) is 0.675. The van der Waals surface area contributed by atoms with Crippen molar-refractivity contribution in [1.82, 2.24) is 10.3 Å². The number of anilines is 1. The molecule has 2 aromatic rings. The molecule has 1 atom stereocenters. The molecule has 2 amide bonds. The average Bonchev–Trinajstić information content (AvgIpc) is 2.98. The molecule has 3 N–H and O–H groups in total. The van der Waals surface area contributed by atoms with Crippen LogP contribution < -0.4 is 10.6 Å². The maximum atomic E-state index is 12.3. The lowest BCUT2D eigenvalue weighted by Crippen LogP contribution is -2.34. The molecule has 1 unspecified atom stereocenters. The normalized spacial score (nSPS) is 11.9. The van der Waals surface area contributed by atoms with E-state index in [0.29, 0.717) is 16.4 Å². The predicted molar refractivity (Wildman–Crippen MR) is 104 cm³/mol. The van der Waals surface area contributed by atoms with Crippen LogP contribution in [0.1, 0.15) is 42.3 Å². The van der Waals surface area contributed by atoms with Crippen molar-refractivity contribution in [3.63, 3.8) is 0 Å². The molecule has 0 fully saturated rings. The molecule has 2 rings (SSSR count). The van der Waals surface area contributed by atoms with Gasteiger partial charge in [-0.1, -0.05) is 43.2 Å². The van der Waals surface area contributed by atoms with E-state index in [9.17, 15) is 19.5 Å². The van der Waals surface area contributed by atoms with Gasteiger partial charge in [0.2, 0.25) is 11.8 Å². The summed E-state index contributed by atoms with van der Waals surface area (Å²) in [4.78, 5) is 39.8. The summed E-state index contributed by atoms with van der Waals surface area (Å²) >= 11 is 1.22. The number of thiazole rings is 1. The predicted octanol–water partition coefficient (Wildman–Crippen LogP) is 2.84. The maximum absolute atomic E-state index is 12.3. The lowest BCUT2D eigenvalue weighted by molar-refractivity contribution is -0.142. The number of hydrogen-bond acceptors (Lipinski definition) is 5. The smallest absolute Gasteiger partial charge is 0.330 e. The first kappa shape index (κ1) is 20.6. The minimum atomic E-state index is -1.13. The Kier molecular flexibility index (Phi) is 6.68. The number of nitrogens with zero attached hydrogens (tertiary/aromatic N) is 1. The monoisotopic (exact) mass is 389 g/mol. The van der Waals surface area contributed by atoms with Gasteiger partial charge in [0.25, 0.3) is 0 Å². The zero-order valence-electron chi connectivity index (χ0n) is 15.7. The molecule has 27 heavy (non-hydrogen) atoms. The Labute approximate surface area is 161 Å². The van der Waals surface area contributed by atoms with Crippen LogP contribution in [0.5, 0.6) is 0 Å². The topological polar surface area (TPSA) is 108 Å². The van der Waals surface area contributed by atoms with Crippen LogP contribution in [-0.2, 0) is 20.8 Å². The van der Waals surface area contributed by atoms with Crippen LogP contribution in [0.4, 0.5) is 5.13 Å². The highest BCUT2D eigenvalue weighted by atomic mass is 32.1. The van der Waals surface area contributed by atoms with Gasteiger partial charge in [0, 0.05) is 11.3 Å². The van der Waals surface area contributed by atoms with Crippen molar-refractivity contribution in [1.29, 1.82) is 0 Å². The highest BCUT2D eigenvalue weighted by molar-refractivity contribution is 7.13. The fourth-order valence-electron chi connectivity index (χ4n) is 2.54. The van der Waals surface area contributed by atoms with Crippen molar-refractivity contribution in [2.24, 2.45) is 5.92 Å². The molecule has 0 aliphatic carbocycles. The SMILES string of the molecule is Cc1cc(C)cc(C(NC(=O)Cc2csc(NC(=O)C(C)C)n2)C(=O)O)c1. The molecule has 1 aromatic carbocycles. The lowest BCUT2D eigenvalue weighted by Gasteiger charge is -2.16. The third kappa shape index (κ3) is 5.89. The summed E-state index contributed by atoms with van der Waals surface area (Å²) in [5, 5.41) is 16.8. The molecule has 144 valence electrons. The molecule has 0 saturated heterocycles. The van der Waals surface area contributed by atoms with Crippen LogP contribution in [0.15, 0.2) is 23.6 Å². The molecule has 0 aliphatic rings. The van der Waals surface area contributed by atoms with Gasteiger partial charge in [0.1, 0.15) is 0 Å². The second-order valence-corrected chi connectivity index (χ2v) is 7.58. The van der Waals surface area contributed by atoms with E-state index in [-0.39, 0.29) is 18.2 Å². The second kappa shape index (κ2) is 8.77. The second-order valence-electron chi connectivity index (χ2n) is 6.72. The van der Waals surface area contributed by atoms with Gasteiger partial charge in [0.05, 0.1) is 12.1 Å². The van der Waals surface area contributed by atoms with E-state index < -0.39 is 17.9 Å². The van der Waals surface area contributed by atoms with Gasteiger partial charge in [-0.2, -0.15) is 0 Å². The van der Waals surface area contributed by atoms with Crippen molar-refractivity contribution < 1.29 is 19.5 Å². The third-order valence-corrected chi connectivity index (χ3v) is 4.58. The Morgan fingerprint density at radius 1 is 1.15 bits per heavy atom. The molecule has 7 nitrogen and oxygen atoms in total.